The predicted octanol–water partition coefficient (Wildman–Crippen LogP) is 2.06. The summed E-state index contributed by atoms with van der Waals surface area (Å²) in [5.74, 6) is -1.67. The van der Waals surface area contributed by atoms with Crippen LogP contribution in [0, 0.1) is 17.7 Å². The van der Waals surface area contributed by atoms with E-state index in [-0.39, 0.29) is 42.5 Å². The number of nitrogens with two attached hydrogens (primary N) is 1. The second-order valence-electron chi connectivity index (χ2n) is 9.16. The predicted molar refractivity (Wildman–Crippen MR) is 117 cm³/mol. The number of rotatable bonds is 7. The highest BCUT2D eigenvalue weighted by Gasteiger charge is 2.48. The second-order valence-corrected chi connectivity index (χ2v) is 10.8. The van der Waals surface area contributed by atoms with E-state index >= 15 is 0 Å². The highest BCUT2D eigenvalue weighted by atomic mass is 32.2. The van der Waals surface area contributed by atoms with Crippen LogP contribution in [0.3, 0.4) is 0 Å². The van der Waals surface area contributed by atoms with E-state index in [0.717, 1.165) is 0 Å². The molecule has 1 aliphatic carbocycles. The minimum absolute atomic E-state index is 0.0677. The molecule has 178 valence electrons. The highest BCUT2D eigenvalue weighted by Crippen LogP contribution is 2.38. The Morgan fingerprint density at radius 3 is 2.47 bits per heavy atom. The summed E-state index contributed by atoms with van der Waals surface area (Å²) in [7, 11) is -3.72. The van der Waals surface area contributed by atoms with Gasteiger partial charge in [0.15, 0.2) is 0 Å². The van der Waals surface area contributed by atoms with Crippen molar-refractivity contribution in [3.8, 4) is 0 Å². The van der Waals surface area contributed by atoms with Crippen LogP contribution in [-0.2, 0) is 19.6 Å². The number of likely N-dealkylation sites (tertiary alicyclic amines) is 1. The number of primary sulfonamides is 1. The molecule has 2 unspecified atom stereocenters. The van der Waals surface area contributed by atoms with Crippen LogP contribution < -0.4 is 10.0 Å². The number of piperidine rings is 2. The first kappa shape index (κ1) is 23.4. The van der Waals surface area contributed by atoms with E-state index in [2.05, 4.69) is 0 Å². The van der Waals surface area contributed by atoms with E-state index in [9.17, 15) is 22.0 Å². The van der Waals surface area contributed by atoms with E-state index < -0.39 is 28.2 Å². The van der Waals surface area contributed by atoms with Gasteiger partial charge in [0.25, 0.3) is 0 Å². The van der Waals surface area contributed by atoms with Gasteiger partial charge in [0.05, 0.1) is 36.1 Å². The molecule has 2 aliphatic heterocycles. The van der Waals surface area contributed by atoms with Crippen molar-refractivity contribution in [2.24, 2.45) is 17.0 Å². The zero-order valence-corrected chi connectivity index (χ0v) is 18.9. The van der Waals surface area contributed by atoms with Crippen LogP contribution in [0.2, 0.25) is 0 Å². The first-order valence-electron chi connectivity index (χ1n) is 11.3. The van der Waals surface area contributed by atoms with E-state index in [1.54, 1.807) is 17.0 Å². The van der Waals surface area contributed by atoms with Gasteiger partial charge in [-0.25, -0.2) is 22.3 Å². The normalized spacial score (nSPS) is 29.2. The minimum atomic E-state index is -3.72. The number of sulfonamides is 1. The Labute approximate surface area is 187 Å². The van der Waals surface area contributed by atoms with Gasteiger partial charge in [0, 0.05) is 19.6 Å². The van der Waals surface area contributed by atoms with Crippen LogP contribution in [0.15, 0.2) is 24.3 Å². The molecule has 1 aromatic rings. The third-order valence-electron chi connectivity index (χ3n) is 6.82. The Balaban J connectivity index is 1.38. The quantitative estimate of drug-likeness (QED) is 0.657. The Morgan fingerprint density at radius 1 is 1.16 bits per heavy atom. The summed E-state index contributed by atoms with van der Waals surface area (Å²) < 4.78 is 57.3. The van der Waals surface area contributed by atoms with Crippen molar-refractivity contribution in [2.45, 2.75) is 50.4 Å². The molecule has 3 aliphatic rings. The molecular weight excluding hydrogens is 440 g/mol. The number of anilines is 1. The van der Waals surface area contributed by atoms with E-state index in [1.807, 2.05) is 11.0 Å². The van der Waals surface area contributed by atoms with Crippen molar-refractivity contribution in [1.29, 1.82) is 0 Å². The fraction of sp³-hybridized carbons (Fsp3) is 0.682. The number of para-hydroxylation sites is 1. The summed E-state index contributed by atoms with van der Waals surface area (Å²) in [5.41, 5.74) is 0.577. The number of amides is 1. The van der Waals surface area contributed by atoms with Gasteiger partial charge in [-0.15, -0.1) is 0 Å². The van der Waals surface area contributed by atoms with Crippen molar-refractivity contribution in [1.82, 2.24) is 4.90 Å². The molecule has 3 fully saturated rings. The molecule has 10 heteroatoms. The average molecular weight is 472 g/mol. The lowest BCUT2D eigenvalue weighted by Gasteiger charge is -2.42. The van der Waals surface area contributed by atoms with Crippen molar-refractivity contribution < 1.29 is 26.7 Å². The van der Waals surface area contributed by atoms with E-state index in [4.69, 9.17) is 9.88 Å². The number of alkyl halides is 1. The van der Waals surface area contributed by atoms with Gasteiger partial charge in [0.2, 0.25) is 15.9 Å². The molecule has 0 aromatic heterocycles. The molecule has 1 aromatic carbocycles. The van der Waals surface area contributed by atoms with Gasteiger partial charge < -0.3 is 14.5 Å². The Hall–Kier alpha value is -1.78. The van der Waals surface area contributed by atoms with Gasteiger partial charge in [0.1, 0.15) is 12.0 Å². The van der Waals surface area contributed by atoms with Crippen LogP contribution in [0.5, 0.6) is 0 Å². The fourth-order valence-electron chi connectivity index (χ4n) is 4.97. The number of ether oxygens (including phenoxy) is 1. The molecule has 7 nitrogen and oxygen atoms in total. The number of halogens is 2. The Bertz CT molecular complexity index is 924. The van der Waals surface area contributed by atoms with Crippen LogP contribution in [0.4, 0.5) is 14.5 Å². The van der Waals surface area contributed by atoms with Crippen molar-refractivity contribution >= 4 is 21.6 Å². The highest BCUT2D eigenvalue weighted by molar-refractivity contribution is 7.89. The van der Waals surface area contributed by atoms with Gasteiger partial charge in [-0.05, 0) is 50.2 Å². The summed E-state index contributed by atoms with van der Waals surface area (Å²) >= 11 is 0. The lowest BCUT2D eigenvalue weighted by atomic mass is 9.90. The van der Waals surface area contributed by atoms with Gasteiger partial charge in [-0.1, -0.05) is 12.1 Å². The van der Waals surface area contributed by atoms with Crippen molar-refractivity contribution in [3.63, 3.8) is 0 Å². The van der Waals surface area contributed by atoms with Gasteiger partial charge in [-0.2, -0.15) is 0 Å². The third kappa shape index (κ3) is 5.58. The first-order valence-corrected chi connectivity index (χ1v) is 13.0. The lowest BCUT2D eigenvalue weighted by molar-refractivity contribution is -0.141. The Morgan fingerprint density at radius 2 is 1.84 bits per heavy atom. The van der Waals surface area contributed by atoms with Gasteiger partial charge in [-0.3, -0.25) is 4.79 Å². The molecule has 0 spiro atoms. The molecule has 0 radical (unpaired) electrons. The molecule has 2 saturated heterocycles. The summed E-state index contributed by atoms with van der Waals surface area (Å²) in [4.78, 5) is 16.4. The summed E-state index contributed by atoms with van der Waals surface area (Å²) in [6.07, 6.45) is 1.74. The van der Waals surface area contributed by atoms with Crippen molar-refractivity contribution in [2.75, 3.05) is 36.9 Å². The van der Waals surface area contributed by atoms with Crippen LogP contribution >= 0.6 is 0 Å². The maximum Gasteiger partial charge on any atom is 0.229 e. The lowest BCUT2D eigenvalue weighted by Crippen LogP contribution is -2.54. The molecule has 32 heavy (non-hydrogen) atoms. The maximum atomic E-state index is 14.1. The van der Waals surface area contributed by atoms with Crippen molar-refractivity contribution in [3.05, 3.63) is 30.1 Å². The first-order chi connectivity index (χ1) is 15.2. The molecule has 0 bridgehead atoms. The number of carbonyl (C=O) groups is 1. The zero-order chi connectivity index (χ0) is 22.9. The molecule has 2 N–H and O–H groups in total. The fourth-order valence-corrected chi connectivity index (χ4v) is 5.95. The minimum Gasteiger partial charge on any atom is -0.376 e. The number of hydrogen-bond acceptors (Lipinski definition) is 5. The summed E-state index contributed by atoms with van der Waals surface area (Å²) in [6.45, 7) is 1.96. The molecular formula is C22H31F2N3O4S. The summed E-state index contributed by atoms with van der Waals surface area (Å²) in [5, 5.41) is 5.30. The average Bonchev–Trinajstić information content (AvgIpc) is 3.48. The molecule has 4 rings (SSSR count). The monoisotopic (exact) mass is 471 g/mol. The largest absolute Gasteiger partial charge is 0.376 e. The SMILES string of the molecule is NS(=O)(=O)CC1CCCN(C(=O)[C@@H]2C[C@@H]2F)C1COC1CCN(c2ccccc2F)CC1. The molecule has 1 saturated carbocycles. The number of benzene rings is 1. The second kappa shape index (κ2) is 9.61. The van der Waals surface area contributed by atoms with Gasteiger partial charge >= 0.3 is 0 Å². The number of hydrogen-bond donors (Lipinski definition) is 1. The van der Waals surface area contributed by atoms with E-state index in [1.165, 1.54) is 6.07 Å². The molecule has 4 atom stereocenters. The standard InChI is InChI=1S/C22H31F2N3O4S/c23-18-5-1-2-6-20(18)26-10-7-16(8-11-26)31-13-21-15(14-32(25,29)30)4-3-9-27(21)22(28)17-12-19(17)24/h1-2,5-6,15-17,19,21H,3-4,7-14H2,(H2,25,29,30)/t15?,17-,19+,21?/m1/s1. The topological polar surface area (TPSA) is 92.9 Å². The molecule has 1 amide bonds. The van der Waals surface area contributed by atoms with Crippen LogP contribution in [0.25, 0.3) is 0 Å². The molecule has 2 heterocycles. The maximum absolute atomic E-state index is 14.1. The third-order valence-corrected chi connectivity index (χ3v) is 7.71. The zero-order valence-electron chi connectivity index (χ0n) is 18.0. The van der Waals surface area contributed by atoms with E-state index in [0.29, 0.717) is 51.0 Å². The Kier molecular flexibility index (Phi) is 7.02. The summed E-state index contributed by atoms with van der Waals surface area (Å²) in [6, 6.07) is 6.24. The number of nitrogens with zero attached hydrogens (tertiary/aromatic N) is 2. The van der Waals surface area contributed by atoms with Crippen LogP contribution in [0.1, 0.15) is 32.1 Å². The van der Waals surface area contributed by atoms with Crippen LogP contribution in [-0.4, -0.2) is 69.5 Å². The smallest absolute Gasteiger partial charge is 0.229 e. The number of carbonyl (C=O) groups excluding carboxylic acids is 1.